The maximum absolute atomic E-state index is 13.2. The number of likely N-dealkylation sites (tertiary alicyclic amines) is 1. The third-order valence-corrected chi connectivity index (χ3v) is 6.23. The highest BCUT2D eigenvalue weighted by Crippen LogP contribution is 2.30. The summed E-state index contributed by atoms with van der Waals surface area (Å²) in [6.45, 7) is 7.78. The molecule has 0 saturated carbocycles. The Morgan fingerprint density at radius 1 is 1.12 bits per heavy atom. The normalized spacial score (nSPS) is 16.2. The Hall–Kier alpha value is -3.54. The van der Waals surface area contributed by atoms with Crippen LogP contribution >= 0.6 is 0 Å². The number of nitrogens with zero attached hydrogens (tertiary/aromatic N) is 5. The van der Waals surface area contributed by atoms with Gasteiger partial charge in [0.1, 0.15) is 11.3 Å². The average molecular weight is 426 g/mol. The molecule has 1 fully saturated rings. The van der Waals surface area contributed by atoms with E-state index in [1.807, 2.05) is 23.2 Å². The van der Waals surface area contributed by atoms with E-state index in [1.165, 1.54) is 11.1 Å². The number of aromatic nitrogens is 4. The zero-order valence-electron chi connectivity index (χ0n) is 18.7. The van der Waals surface area contributed by atoms with Crippen LogP contribution in [0.1, 0.15) is 53.7 Å². The van der Waals surface area contributed by atoms with Crippen molar-refractivity contribution in [1.82, 2.24) is 24.4 Å². The van der Waals surface area contributed by atoms with Crippen molar-refractivity contribution < 1.29 is 4.79 Å². The minimum atomic E-state index is 0.0155. The molecule has 6 heteroatoms. The molecule has 6 nitrogen and oxygen atoms in total. The van der Waals surface area contributed by atoms with E-state index in [0.717, 1.165) is 35.5 Å². The molecule has 1 aliphatic heterocycles. The molecule has 1 amide bonds. The standard InChI is InChI=1S/C26H27N5O/c1-17(2)31-24(19-8-6-18(3)7-9-19)29-23-13-22(15-28-25(23)31)26(32)30-12-10-21(16-30)20-5-4-11-27-14-20/h4-9,11,13-15,17,21H,10,12,16H2,1-3H3. The second-order valence-corrected chi connectivity index (χ2v) is 8.86. The minimum absolute atomic E-state index is 0.0155. The van der Waals surface area contributed by atoms with Gasteiger partial charge in [0.2, 0.25) is 0 Å². The van der Waals surface area contributed by atoms with Gasteiger partial charge < -0.3 is 9.47 Å². The van der Waals surface area contributed by atoms with Gasteiger partial charge in [0.05, 0.1) is 5.56 Å². The first kappa shape index (κ1) is 20.4. The van der Waals surface area contributed by atoms with Crippen LogP contribution in [0, 0.1) is 6.92 Å². The van der Waals surface area contributed by atoms with Crippen LogP contribution in [0.3, 0.4) is 0 Å². The van der Waals surface area contributed by atoms with E-state index in [4.69, 9.17) is 4.98 Å². The molecule has 0 bridgehead atoms. The summed E-state index contributed by atoms with van der Waals surface area (Å²) in [6, 6.07) is 14.5. The smallest absolute Gasteiger partial charge is 0.255 e. The Kier molecular flexibility index (Phi) is 5.21. The highest BCUT2D eigenvalue weighted by Gasteiger charge is 2.29. The summed E-state index contributed by atoms with van der Waals surface area (Å²) in [5.74, 6) is 1.23. The van der Waals surface area contributed by atoms with Crippen molar-refractivity contribution in [3.05, 3.63) is 77.7 Å². The fourth-order valence-electron chi connectivity index (χ4n) is 4.51. The lowest BCUT2D eigenvalue weighted by Gasteiger charge is -2.17. The molecule has 1 aromatic carbocycles. The van der Waals surface area contributed by atoms with E-state index in [-0.39, 0.29) is 11.9 Å². The van der Waals surface area contributed by atoms with Gasteiger partial charge >= 0.3 is 0 Å². The zero-order chi connectivity index (χ0) is 22.2. The molecule has 0 radical (unpaired) electrons. The predicted molar refractivity (Wildman–Crippen MR) is 126 cm³/mol. The summed E-state index contributed by atoms with van der Waals surface area (Å²) in [4.78, 5) is 28.9. The average Bonchev–Trinajstić information content (AvgIpc) is 3.44. The number of rotatable bonds is 4. The number of hydrogen-bond donors (Lipinski definition) is 0. The van der Waals surface area contributed by atoms with Crippen LogP contribution in [0.15, 0.2) is 61.1 Å². The van der Waals surface area contributed by atoms with Gasteiger partial charge in [0.25, 0.3) is 5.91 Å². The number of imidazole rings is 1. The molecular formula is C26H27N5O. The van der Waals surface area contributed by atoms with Crippen molar-refractivity contribution in [2.45, 2.75) is 39.2 Å². The zero-order valence-corrected chi connectivity index (χ0v) is 18.7. The molecular weight excluding hydrogens is 398 g/mol. The number of fused-ring (bicyclic) bond motifs is 1. The molecule has 0 N–H and O–H groups in total. The fraction of sp³-hybridized carbons (Fsp3) is 0.308. The van der Waals surface area contributed by atoms with Crippen LogP contribution in [0.25, 0.3) is 22.6 Å². The Bertz CT molecular complexity index is 1260. The summed E-state index contributed by atoms with van der Waals surface area (Å²) in [7, 11) is 0. The van der Waals surface area contributed by atoms with E-state index < -0.39 is 0 Å². The molecule has 1 aliphatic rings. The number of aryl methyl sites for hydroxylation is 1. The molecule has 4 aromatic rings. The molecule has 162 valence electrons. The first-order chi connectivity index (χ1) is 15.5. The molecule has 1 atom stereocenters. The monoisotopic (exact) mass is 425 g/mol. The summed E-state index contributed by atoms with van der Waals surface area (Å²) in [6.07, 6.45) is 6.33. The first-order valence-corrected chi connectivity index (χ1v) is 11.2. The number of benzene rings is 1. The maximum atomic E-state index is 13.2. The van der Waals surface area contributed by atoms with E-state index in [2.05, 4.69) is 65.6 Å². The van der Waals surface area contributed by atoms with Crippen LogP contribution in [-0.2, 0) is 0 Å². The van der Waals surface area contributed by atoms with Crippen molar-refractivity contribution >= 4 is 17.1 Å². The van der Waals surface area contributed by atoms with Crippen LogP contribution in [-0.4, -0.2) is 43.4 Å². The second kappa shape index (κ2) is 8.19. The van der Waals surface area contributed by atoms with E-state index in [9.17, 15) is 4.79 Å². The van der Waals surface area contributed by atoms with E-state index in [0.29, 0.717) is 18.0 Å². The van der Waals surface area contributed by atoms with Crippen molar-refractivity contribution in [2.75, 3.05) is 13.1 Å². The molecule has 0 aliphatic carbocycles. The molecule has 3 aromatic heterocycles. The number of carbonyl (C=O) groups excluding carboxylic acids is 1. The lowest BCUT2D eigenvalue weighted by atomic mass is 10.0. The second-order valence-electron chi connectivity index (χ2n) is 8.86. The molecule has 4 heterocycles. The van der Waals surface area contributed by atoms with Gasteiger partial charge in [-0.05, 0) is 44.9 Å². The minimum Gasteiger partial charge on any atom is -0.338 e. The van der Waals surface area contributed by atoms with E-state index >= 15 is 0 Å². The molecule has 1 saturated heterocycles. The van der Waals surface area contributed by atoms with Crippen molar-refractivity contribution in [3.63, 3.8) is 0 Å². The van der Waals surface area contributed by atoms with Crippen molar-refractivity contribution in [2.24, 2.45) is 0 Å². The highest BCUT2D eigenvalue weighted by atomic mass is 16.2. The lowest BCUT2D eigenvalue weighted by Crippen LogP contribution is -2.28. The van der Waals surface area contributed by atoms with Gasteiger partial charge in [0.15, 0.2) is 5.65 Å². The summed E-state index contributed by atoms with van der Waals surface area (Å²) >= 11 is 0. The SMILES string of the molecule is Cc1ccc(-c2nc3cc(C(=O)N4CCC(c5cccnc5)C4)cnc3n2C(C)C)cc1. The molecule has 0 spiro atoms. The predicted octanol–water partition coefficient (Wildman–Crippen LogP) is 5.01. The Balaban J connectivity index is 1.46. The number of pyridine rings is 2. The maximum Gasteiger partial charge on any atom is 0.255 e. The summed E-state index contributed by atoms with van der Waals surface area (Å²) in [5.41, 5.74) is 5.60. The Labute approximate surface area is 188 Å². The Morgan fingerprint density at radius 2 is 1.94 bits per heavy atom. The van der Waals surface area contributed by atoms with Gasteiger partial charge in [-0.1, -0.05) is 35.9 Å². The third kappa shape index (κ3) is 3.66. The number of amides is 1. The largest absolute Gasteiger partial charge is 0.338 e. The van der Waals surface area contributed by atoms with Gasteiger partial charge in [0, 0.05) is 49.2 Å². The molecule has 5 rings (SSSR count). The number of hydrogen-bond acceptors (Lipinski definition) is 4. The molecule has 32 heavy (non-hydrogen) atoms. The van der Waals surface area contributed by atoms with Crippen molar-refractivity contribution in [1.29, 1.82) is 0 Å². The summed E-state index contributed by atoms with van der Waals surface area (Å²) < 4.78 is 2.14. The first-order valence-electron chi connectivity index (χ1n) is 11.2. The van der Waals surface area contributed by atoms with Crippen molar-refractivity contribution in [3.8, 4) is 11.4 Å². The van der Waals surface area contributed by atoms with Crippen LogP contribution < -0.4 is 0 Å². The van der Waals surface area contributed by atoms with Gasteiger partial charge in [-0.2, -0.15) is 0 Å². The number of carbonyl (C=O) groups is 1. The topological polar surface area (TPSA) is 63.9 Å². The molecule has 1 unspecified atom stereocenters. The van der Waals surface area contributed by atoms with Gasteiger partial charge in [-0.25, -0.2) is 9.97 Å². The van der Waals surface area contributed by atoms with Crippen LogP contribution in [0.5, 0.6) is 0 Å². The highest BCUT2D eigenvalue weighted by molar-refractivity contribution is 5.97. The van der Waals surface area contributed by atoms with Gasteiger partial charge in [-0.15, -0.1) is 0 Å². The third-order valence-electron chi connectivity index (χ3n) is 6.23. The van der Waals surface area contributed by atoms with Crippen LogP contribution in [0.2, 0.25) is 0 Å². The summed E-state index contributed by atoms with van der Waals surface area (Å²) in [5, 5.41) is 0. The van der Waals surface area contributed by atoms with E-state index in [1.54, 1.807) is 12.4 Å². The van der Waals surface area contributed by atoms with Gasteiger partial charge in [-0.3, -0.25) is 9.78 Å². The van der Waals surface area contributed by atoms with Crippen LogP contribution in [0.4, 0.5) is 0 Å². The quantitative estimate of drug-likeness (QED) is 0.461. The lowest BCUT2D eigenvalue weighted by molar-refractivity contribution is 0.0790. The Morgan fingerprint density at radius 3 is 2.66 bits per heavy atom. The fourth-order valence-corrected chi connectivity index (χ4v) is 4.51.